The number of fused-ring (bicyclic) bond motifs is 1. The van der Waals surface area contributed by atoms with Crippen LogP contribution >= 0.6 is 0 Å². The Balaban J connectivity index is 1.84. The Morgan fingerprint density at radius 2 is 2.00 bits per heavy atom. The lowest BCUT2D eigenvalue weighted by Gasteiger charge is -2.10. The first kappa shape index (κ1) is 19.2. The molecule has 0 aliphatic heterocycles. The first-order valence-corrected chi connectivity index (χ1v) is 7.88. The average molecular weight is 394 g/mol. The van der Waals surface area contributed by atoms with Crippen molar-refractivity contribution in [3.63, 3.8) is 0 Å². The van der Waals surface area contributed by atoms with Gasteiger partial charge in [-0.3, -0.25) is 14.9 Å². The van der Waals surface area contributed by atoms with Gasteiger partial charge in [0, 0.05) is 17.0 Å². The lowest BCUT2D eigenvalue weighted by Crippen LogP contribution is -2.16. The number of nitrogens with zero attached hydrogens (tertiary/aromatic N) is 1. The Bertz CT molecular complexity index is 1060. The molecule has 1 N–H and O–H groups in total. The fourth-order valence-electron chi connectivity index (χ4n) is 2.66. The second-order valence-electron chi connectivity index (χ2n) is 5.83. The Labute approximate surface area is 155 Å². The Hall–Kier alpha value is -3.56. The van der Waals surface area contributed by atoms with Crippen molar-refractivity contribution in [3.05, 3.63) is 63.9 Å². The number of nitrogens with one attached hydrogen (secondary N) is 1. The summed E-state index contributed by atoms with van der Waals surface area (Å²) in [6, 6.07) is 6.92. The minimum atomic E-state index is -4.73. The standard InChI is InChI=1S/C18H13F3N2O5/c1-27-12-3-5-16-13(8-12)10(9-28-16)6-17(24)22-14-4-2-11(18(19,20)21)7-15(14)23(25)26/h2-5,7-9H,6H2,1H3,(H,22,24). The van der Waals surface area contributed by atoms with Crippen LogP contribution in [-0.2, 0) is 17.4 Å². The summed E-state index contributed by atoms with van der Waals surface area (Å²) in [6.07, 6.45) is -3.56. The zero-order valence-corrected chi connectivity index (χ0v) is 14.4. The molecule has 0 aliphatic rings. The molecule has 28 heavy (non-hydrogen) atoms. The number of rotatable bonds is 5. The van der Waals surface area contributed by atoms with Crippen molar-refractivity contribution in [2.75, 3.05) is 12.4 Å². The van der Waals surface area contributed by atoms with Crippen LogP contribution in [0.1, 0.15) is 11.1 Å². The maximum absolute atomic E-state index is 12.8. The van der Waals surface area contributed by atoms with E-state index in [1.807, 2.05) is 0 Å². The van der Waals surface area contributed by atoms with E-state index in [1.54, 1.807) is 18.2 Å². The molecule has 0 aliphatic carbocycles. The highest BCUT2D eigenvalue weighted by molar-refractivity contribution is 5.97. The maximum atomic E-state index is 12.8. The van der Waals surface area contributed by atoms with Crippen LogP contribution in [0.3, 0.4) is 0 Å². The summed E-state index contributed by atoms with van der Waals surface area (Å²) in [5, 5.41) is 14.0. The van der Waals surface area contributed by atoms with Gasteiger partial charge in [0.05, 0.1) is 30.3 Å². The molecule has 0 radical (unpaired) electrons. The Morgan fingerprint density at radius 3 is 2.64 bits per heavy atom. The van der Waals surface area contributed by atoms with E-state index in [-0.39, 0.29) is 12.1 Å². The molecule has 0 spiro atoms. The molecular formula is C18H13F3N2O5. The molecule has 1 aromatic heterocycles. The minimum Gasteiger partial charge on any atom is -0.497 e. The predicted molar refractivity (Wildman–Crippen MR) is 93.2 cm³/mol. The van der Waals surface area contributed by atoms with Gasteiger partial charge in [0.25, 0.3) is 5.69 Å². The molecule has 0 saturated heterocycles. The van der Waals surface area contributed by atoms with E-state index in [0.717, 1.165) is 6.07 Å². The van der Waals surface area contributed by atoms with E-state index in [4.69, 9.17) is 9.15 Å². The van der Waals surface area contributed by atoms with Crippen molar-refractivity contribution in [2.45, 2.75) is 12.6 Å². The van der Waals surface area contributed by atoms with E-state index in [0.29, 0.717) is 34.4 Å². The smallest absolute Gasteiger partial charge is 0.416 e. The number of carbonyl (C=O) groups is 1. The first-order valence-electron chi connectivity index (χ1n) is 7.88. The lowest BCUT2D eigenvalue weighted by molar-refractivity contribution is -0.384. The van der Waals surface area contributed by atoms with Gasteiger partial charge in [-0.2, -0.15) is 13.2 Å². The molecule has 0 unspecified atom stereocenters. The van der Waals surface area contributed by atoms with Gasteiger partial charge in [-0.25, -0.2) is 0 Å². The van der Waals surface area contributed by atoms with Crippen LogP contribution < -0.4 is 10.1 Å². The second kappa shape index (κ2) is 7.22. The number of amides is 1. The van der Waals surface area contributed by atoms with Gasteiger partial charge in [-0.15, -0.1) is 0 Å². The predicted octanol–water partition coefficient (Wildman–Crippen LogP) is 4.55. The van der Waals surface area contributed by atoms with E-state index in [9.17, 15) is 28.1 Å². The van der Waals surface area contributed by atoms with Crippen LogP contribution in [0.2, 0.25) is 0 Å². The third-order valence-electron chi connectivity index (χ3n) is 4.01. The number of alkyl halides is 3. The van der Waals surface area contributed by atoms with Gasteiger partial charge in [-0.05, 0) is 30.3 Å². The number of benzene rings is 2. The topological polar surface area (TPSA) is 94.6 Å². The number of ether oxygens (including phenoxy) is 1. The van der Waals surface area contributed by atoms with Gasteiger partial charge < -0.3 is 14.5 Å². The van der Waals surface area contributed by atoms with Crippen LogP contribution in [-0.4, -0.2) is 17.9 Å². The molecule has 1 heterocycles. The lowest BCUT2D eigenvalue weighted by atomic mass is 10.1. The molecule has 7 nitrogen and oxygen atoms in total. The van der Waals surface area contributed by atoms with E-state index in [1.165, 1.54) is 13.4 Å². The molecular weight excluding hydrogens is 381 g/mol. The molecule has 0 bridgehead atoms. The molecule has 0 fully saturated rings. The number of anilines is 1. The van der Waals surface area contributed by atoms with Crippen LogP contribution in [0.4, 0.5) is 24.5 Å². The van der Waals surface area contributed by atoms with Crippen LogP contribution in [0, 0.1) is 10.1 Å². The summed E-state index contributed by atoms with van der Waals surface area (Å²) in [5.41, 5.74) is -1.33. The van der Waals surface area contributed by atoms with Crippen LogP contribution in [0.25, 0.3) is 11.0 Å². The molecule has 1 amide bonds. The summed E-state index contributed by atoms with van der Waals surface area (Å²) in [5.74, 6) is -0.0951. The number of furan rings is 1. The van der Waals surface area contributed by atoms with Gasteiger partial charge in [0.1, 0.15) is 17.0 Å². The van der Waals surface area contributed by atoms with Gasteiger partial charge in [0.15, 0.2) is 0 Å². The van der Waals surface area contributed by atoms with Crippen molar-refractivity contribution in [2.24, 2.45) is 0 Å². The fraction of sp³-hybridized carbons (Fsp3) is 0.167. The SMILES string of the molecule is COc1ccc2occ(CC(=O)Nc3ccc(C(F)(F)F)cc3[N+](=O)[O-])c2c1. The zero-order valence-electron chi connectivity index (χ0n) is 14.4. The number of methoxy groups -OCH3 is 1. The fourth-order valence-corrected chi connectivity index (χ4v) is 2.66. The quantitative estimate of drug-likeness (QED) is 0.506. The summed E-state index contributed by atoms with van der Waals surface area (Å²) >= 11 is 0. The zero-order chi connectivity index (χ0) is 20.5. The number of nitro benzene ring substituents is 1. The molecule has 2 aromatic carbocycles. The van der Waals surface area contributed by atoms with E-state index >= 15 is 0 Å². The summed E-state index contributed by atoms with van der Waals surface area (Å²) in [6.45, 7) is 0. The number of hydrogen-bond donors (Lipinski definition) is 1. The third-order valence-corrected chi connectivity index (χ3v) is 4.01. The summed E-state index contributed by atoms with van der Waals surface area (Å²) < 4.78 is 48.7. The molecule has 0 saturated carbocycles. The highest BCUT2D eigenvalue weighted by Gasteiger charge is 2.33. The van der Waals surface area contributed by atoms with Crippen LogP contribution in [0.15, 0.2) is 47.1 Å². The van der Waals surface area contributed by atoms with Crippen LogP contribution in [0.5, 0.6) is 5.75 Å². The van der Waals surface area contributed by atoms with Crippen molar-refractivity contribution >= 4 is 28.3 Å². The molecule has 146 valence electrons. The number of nitro groups is 1. The number of hydrogen-bond acceptors (Lipinski definition) is 5. The normalized spacial score (nSPS) is 11.4. The van der Waals surface area contributed by atoms with Gasteiger partial charge in [0.2, 0.25) is 5.91 Å². The highest BCUT2D eigenvalue weighted by atomic mass is 19.4. The highest BCUT2D eigenvalue weighted by Crippen LogP contribution is 2.35. The summed E-state index contributed by atoms with van der Waals surface area (Å²) in [7, 11) is 1.48. The first-order chi connectivity index (χ1) is 13.2. The molecule has 10 heteroatoms. The largest absolute Gasteiger partial charge is 0.497 e. The van der Waals surface area contributed by atoms with Crippen molar-refractivity contribution in [3.8, 4) is 5.75 Å². The van der Waals surface area contributed by atoms with Gasteiger partial charge in [-0.1, -0.05) is 0 Å². The second-order valence-corrected chi connectivity index (χ2v) is 5.83. The maximum Gasteiger partial charge on any atom is 0.416 e. The van der Waals surface area contributed by atoms with Gasteiger partial charge >= 0.3 is 6.18 Å². The minimum absolute atomic E-state index is 0.196. The van der Waals surface area contributed by atoms with Crippen molar-refractivity contribution in [1.82, 2.24) is 0 Å². The molecule has 3 aromatic rings. The van der Waals surface area contributed by atoms with E-state index < -0.39 is 28.3 Å². The third kappa shape index (κ3) is 3.90. The monoisotopic (exact) mass is 394 g/mol. The average Bonchev–Trinajstić information content (AvgIpc) is 3.02. The number of carbonyl (C=O) groups excluding carboxylic acids is 1. The molecule has 0 atom stereocenters. The molecule has 3 rings (SSSR count). The number of halogens is 3. The Kier molecular flexibility index (Phi) is 4.95. The van der Waals surface area contributed by atoms with Crippen molar-refractivity contribution < 1.29 is 32.0 Å². The van der Waals surface area contributed by atoms with Crippen molar-refractivity contribution in [1.29, 1.82) is 0 Å². The van der Waals surface area contributed by atoms with E-state index in [2.05, 4.69) is 5.32 Å². The summed E-state index contributed by atoms with van der Waals surface area (Å²) in [4.78, 5) is 22.4. The Morgan fingerprint density at radius 1 is 1.25 bits per heavy atom.